The van der Waals surface area contributed by atoms with Gasteiger partial charge in [0.15, 0.2) is 5.78 Å². The summed E-state index contributed by atoms with van der Waals surface area (Å²) in [4.78, 5) is 16.7. The average Bonchev–Trinajstić information content (AvgIpc) is 2.57. The van der Waals surface area contributed by atoms with Gasteiger partial charge in [-0.2, -0.15) is 0 Å². The van der Waals surface area contributed by atoms with Gasteiger partial charge in [-0.3, -0.25) is 9.78 Å². The van der Waals surface area contributed by atoms with Gasteiger partial charge >= 0.3 is 0 Å². The topological polar surface area (TPSA) is 50.2 Å². The zero-order chi connectivity index (χ0) is 17.4. The lowest BCUT2D eigenvalue weighted by atomic mass is 9.97. The smallest absolute Gasteiger partial charge is 0.163 e. The van der Waals surface area contributed by atoms with Crippen LogP contribution in [0, 0.1) is 3.57 Å². The van der Waals surface area contributed by atoms with Crippen molar-refractivity contribution >= 4 is 40.0 Å². The fourth-order valence-corrected chi connectivity index (χ4v) is 3.52. The van der Waals surface area contributed by atoms with Gasteiger partial charge < -0.3 is 5.11 Å². The van der Waals surface area contributed by atoms with Crippen molar-refractivity contribution in [1.29, 1.82) is 0 Å². The molecule has 0 aliphatic rings. The van der Waals surface area contributed by atoms with E-state index in [0.29, 0.717) is 17.9 Å². The van der Waals surface area contributed by atoms with Crippen LogP contribution in [0.15, 0.2) is 36.7 Å². The van der Waals surface area contributed by atoms with Crippen LogP contribution in [0.5, 0.6) is 0 Å². The van der Waals surface area contributed by atoms with Gasteiger partial charge in [0.2, 0.25) is 0 Å². The number of Topliss-reactive ketones (excluding diaryl/α,β-unsaturated/α-hetero) is 1. The highest BCUT2D eigenvalue weighted by atomic mass is 127. The van der Waals surface area contributed by atoms with E-state index < -0.39 is 0 Å². The second-order valence-electron chi connectivity index (χ2n) is 5.76. The molecule has 3 nitrogen and oxygen atoms in total. The van der Waals surface area contributed by atoms with E-state index >= 15 is 0 Å². The summed E-state index contributed by atoms with van der Waals surface area (Å²) in [6.45, 7) is 0.221. The average molecular weight is 458 g/mol. The molecule has 0 aliphatic heterocycles. The molecule has 1 aromatic carbocycles. The van der Waals surface area contributed by atoms with E-state index in [9.17, 15) is 4.79 Å². The first kappa shape index (κ1) is 19.3. The lowest BCUT2D eigenvalue weighted by Crippen LogP contribution is -2.05. The Balaban J connectivity index is 2.05. The van der Waals surface area contributed by atoms with E-state index in [0.717, 1.165) is 45.9 Å². The highest BCUT2D eigenvalue weighted by Gasteiger charge is 2.13. The predicted octanol–water partition coefficient (Wildman–Crippen LogP) is 5.06. The molecule has 0 aliphatic carbocycles. The minimum Gasteiger partial charge on any atom is -0.396 e. The largest absolute Gasteiger partial charge is 0.396 e. The molecule has 0 saturated heterocycles. The molecule has 1 heterocycles. The van der Waals surface area contributed by atoms with Crippen molar-refractivity contribution in [2.24, 2.45) is 0 Å². The third-order valence-electron chi connectivity index (χ3n) is 3.91. The number of carbonyl (C=O) groups is 1. The number of unbranched alkanes of at least 4 members (excludes halogenated alkanes) is 3. The molecule has 0 fully saturated rings. The van der Waals surface area contributed by atoms with Crippen LogP contribution in [0.4, 0.5) is 0 Å². The van der Waals surface area contributed by atoms with Gasteiger partial charge in [-0.15, -0.1) is 0 Å². The van der Waals surface area contributed by atoms with Crippen molar-refractivity contribution in [2.75, 3.05) is 6.61 Å². The standard InChI is InChI=1S/C19H21ClINO2/c20-18-12-16(21)7-6-14(18)11-15-13-22-9-8-17(15)19(24)5-3-1-2-4-10-23/h6-9,12-13,23H,1-5,10-11H2. The van der Waals surface area contributed by atoms with Gasteiger partial charge in [0.05, 0.1) is 0 Å². The number of ketones is 1. The third-order valence-corrected chi connectivity index (χ3v) is 4.93. The lowest BCUT2D eigenvalue weighted by Gasteiger charge is -2.10. The van der Waals surface area contributed by atoms with Crippen molar-refractivity contribution in [3.8, 4) is 0 Å². The molecule has 0 saturated carbocycles. The number of rotatable bonds is 9. The van der Waals surface area contributed by atoms with E-state index in [1.807, 2.05) is 18.2 Å². The summed E-state index contributed by atoms with van der Waals surface area (Å²) in [6.07, 6.45) is 8.15. The molecule has 0 unspecified atom stereocenters. The first-order chi connectivity index (χ1) is 11.6. The molecule has 2 rings (SSSR count). The number of hydrogen-bond donors (Lipinski definition) is 1. The molecule has 24 heavy (non-hydrogen) atoms. The number of hydrogen-bond acceptors (Lipinski definition) is 3. The van der Waals surface area contributed by atoms with E-state index in [1.165, 1.54) is 0 Å². The number of aromatic nitrogens is 1. The number of aliphatic hydroxyl groups is 1. The van der Waals surface area contributed by atoms with Crippen LogP contribution in [0.2, 0.25) is 5.02 Å². The summed E-state index contributed by atoms with van der Waals surface area (Å²) < 4.78 is 1.09. The van der Waals surface area contributed by atoms with Crippen molar-refractivity contribution in [3.63, 3.8) is 0 Å². The van der Waals surface area contributed by atoms with Gasteiger partial charge in [-0.05, 0) is 64.8 Å². The molecular weight excluding hydrogens is 437 g/mol. The molecular formula is C19H21ClINO2. The summed E-state index contributed by atoms with van der Waals surface area (Å²) in [6, 6.07) is 7.74. The Labute approximate surface area is 161 Å². The maximum Gasteiger partial charge on any atom is 0.163 e. The summed E-state index contributed by atoms with van der Waals surface area (Å²) in [5, 5.41) is 9.50. The number of pyridine rings is 1. The van der Waals surface area contributed by atoms with Crippen LogP contribution < -0.4 is 0 Å². The molecule has 5 heteroatoms. The normalized spacial score (nSPS) is 10.8. The molecule has 1 N–H and O–H groups in total. The highest BCUT2D eigenvalue weighted by molar-refractivity contribution is 14.1. The van der Waals surface area contributed by atoms with Crippen molar-refractivity contribution < 1.29 is 9.90 Å². The summed E-state index contributed by atoms with van der Waals surface area (Å²) in [5.41, 5.74) is 2.66. The van der Waals surface area contributed by atoms with Crippen molar-refractivity contribution in [1.82, 2.24) is 4.98 Å². The number of nitrogens with zero attached hydrogens (tertiary/aromatic N) is 1. The van der Waals surface area contributed by atoms with Crippen LogP contribution in [-0.2, 0) is 6.42 Å². The Morgan fingerprint density at radius 3 is 2.67 bits per heavy atom. The summed E-state index contributed by atoms with van der Waals surface area (Å²) in [7, 11) is 0. The molecule has 0 radical (unpaired) electrons. The van der Waals surface area contributed by atoms with E-state index in [-0.39, 0.29) is 12.4 Å². The molecule has 2 aromatic rings. The van der Waals surface area contributed by atoms with Crippen LogP contribution in [0.1, 0.15) is 53.6 Å². The number of benzene rings is 1. The van der Waals surface area contributed by atoms with Gasteiger partial charge in [-0.25, -0.2) is 0 Å². The summed E-state index contributed by atoms with van der Waals surface area (Å²) >= 11 is 8.54. The third kappa shape index (κ3) is 5.83. The van der Waals surface area contributed by atoms with Gasteiger partial charge in [-0.1, -0.05) is 30.5 Å². The minimum atomic E-state index is 0.151. The highest BCUT2D eigenvalue weighted by Crippen LogP contribution is 2.24. The zero-order valence-electron chi connectivity index (χ0n) is 13.5. The SMILES string of the molecule is O=C(CCCCCCO)c1ccncc1Cc1ccc(I)cc1Cl. The quantitative estimate of drug-likeness (QED) is 0.325. The van der Waals surface area contributed by atoms with E-state index in [4.69, 9.17) is 16.7 Å². The fraction of sp³-hybridized carbons (Fsp3) is 0.368. The zero-order valence-corrected chi connectivity index (χ0v) is 16.4. The predicted molar refractivity (Wildman–Crippen MR) is 106 cm³/mol. The molecule has 0 spiro atoms. The van der Waals surface area contributed by atoms with Crippen molar-refractivity contribution in [3.05, 3.63) is 61.9 Å². The number of halogens is 2. The van der Waals surface area contributed by atoms with E-state index in [2.05, 4.69) is 27.6 Å². The molecule has 0 amide bonds. The first-order valence-corrected chi connectivity index (χ1v) is 9.58. The Morgan fingerprint density at radius 2 is 1.92 bits per heavy atom. The molecule has 128 valence electrons. The van der Waals surface area contributed by atoms with Crippen molar-refractivity contribution in [2.45, 2.75) is 38.5 Å². The number of carbonyl (C=O) groups excluding carboxylic acids is 1. The Bertz CT molecular complexity index is 691. The van der Waals surface area contributed by atoms with Crippen LogP contribution >= 0.6 is 34.2 Å². The Kier molecular flexibility index (Phi) is 8.15. The Hall–Kier alpha value is -0.980. The van der Waals surface area contributed by atoms with Crippen LogP contribution in [0.3, 0.4) is 0 Å². The number of aliphatic hydroxyl groups excluding tert-OH is 1. The van der Waals surface area contributed by atoms with Crippen LogP contribution in [-0.4, -0.2) is 22.5 Å². The molecule has 1 aromatic heterocycles. The molecule has 0 bridgehead atoms. The summed E-state index contributed by atoms with van der Waals surface area (Å²) in [5.74, 6) is 0.151. The molecule has 0 atom stereocenters. The van der Waals surface area contributed by atoms with Gasteiger partial charge in [0.1, 0.15) is 0 Å². The van der Waals surface area contributed by atoms with Crippen LogP contribution in [0.25, 0.3) is 0 Å². The minimum absolute atomic E-state index is 0.151. The van der Waals surface area contributed by atoms with E-state index in [1.54, 1.807) is 18.5 Å². The second kappa shape index (κ2) is 10.1. The monoisotopic (exact) mass is 457 g/mol. The first-order valence-electron chi connectivity index (χ1n) is 8.12. The second-order valence-corrected chi connectivity index (χ2v) is 7.41. The van der Waals surface area contributed by atoms with Gasteiger partial charge in [0, 0.05) is 46.0 Å². The fourth-order valence-electron chi connectivity index (χ4n) is 2.60. The lowest BCUT2D eigenvalue weighted by molar-refractivity contribution is 0.0978. The van der Waals surface area contributed by atoms with Gasteiger partial charge in [0.25, 0.3) is 0 Å². The maximum atomic E-state index is 12.5. The Morgan fingerprint density at radius 1 is 1.12 bits per heavy atom. The maximum absolute atomic E-state index is 12.5.